The van der Waals surface area contributed by atoms with Gasteiger partial charge in [0.25, 0.3) is 5.91 Å². The molecule has 0 fully saturated rings. The summed E-state index contributed by atoms with van der Waals surface area (Å²) >= 11 is 0. The number of ether oxygens (including phenoxy) is 1. The van der Waals surface area contributed by atoms with Crippen LogP contribution in [0.1, 0.15) is 35.7 Å². The molecule has 2 aromatic heterocycles. The van der Waals surface area contributed by atoms with Gasteiger partial charge in [-0.2, -0.15) is 0 Å². The Morgan fingerprint density at radius 2 is 1.85 bits per heavy atom. The number of rotatable bonds is 7. The molecule has 0 radical (unpaired) electrons. The summed E-state index contributed by atoms with van der Waals surface area (Å²) in [7, 11) is 1.73. The second kappa shape index (κ2) is 10.1. The highest BCUT2D eigenvalue weighted by Crippen LogP contribution is 2.31. The Morgan fingerprint density at radius 3 is 2.65 bits per heavy atom. The summed E-state index contributed by atoms with van der Waals surface area (Å²) in [6.45, 7) is 4.13. The predicted octanol–water partition coefficient (Wildman–Crippen LogP) is 5.89. The summed E-state index contributed by atoms with van der Waals surface area (Å²) in [6.07, 6.45) is 3.21. The first-order chi connectivity index (χ1) is 16.4. The molecule has 0 saturated carbocycles. The van der Waals surface area contributed by atoms with Gasteiger partial charge in [-0.05, 0) is 60.0 Å². The Labute approximate surface area is 197 Å². The second-order valence-corrected chi connectivity index (χ2v) is 7.85. The lowest BCUT2D eigenvalue weighted by Crippen LogP contribution is -2.14. The topological polar surface area (TPSA) is 89.0 Å². The first-order valence-electron chi connectivity index (χ1n) is 10.8. The van der Waals surface area contributed by atoms with Crippen LogP contribution >= 0.6 is 0 Å². The molecule has 0 aliphatic heterocycles. The van der Waals surface area contributed by atoms with E-state index in [1.165, 1.54) is 18.2 Å². The fraction of sp³-hybridized carbons (Fsp3) is 0.154. The predicted molar refractivity (Wildman–Crippen MR) is 130 cm³/mol. The largest absolute Gasteiger partial charge is 0.438 e. The molecule has 172 valence electrons. The molecule has 4 rings (SSSR count). The second-order valence-electron chi connectivity index (χ2n) is 7.85. The van der Waals surface area contributed by atoms with E-state index >= 15 is 0 Å². The Morgan fingerprint density at radius 1 is 1.00 bits per heavy atom. The highest BCUT2D eigenvalue weighted by Gasteiger charge is 2.16. The van der Waals surface area contributed by atoms with Crippen molar-refractivity contribution in [3.05, 3.63) is 90.0 Å². The molecule has 0 bridgehead atoms. The lowest BCUT2D eigenvalue weighted by Gasteiger charge is -2.12. The number of carbonyl (C=O) groups is 1. The maximum Gasteiger partial charge on any atom is 0.258 e. The van der Waals surface area contributed by atoms with Gasteiger partial charge in [0.05, 0.1) is 16.8 Å². The van der Waals surface area contributed by atoms with Crippen LogP contribution in [0.3, 0.4) is 0 Å². The Hall–Kier alpha value is -4.33. The molecular formula is C26H24FN5O2. The molecule has 1 amide bonds. The van der Waals surface area contributed by atoms with Gasteiger partial charge in [0, 0.05) is 25.1 Å². The van der Waals surface area contributed by atoms with Crippen LogP contribution < -0.4 is 15.4 Å². The van der Waals surface area contributed by atoms with Gasteiger partial charge in [-0.25, -0.2) is 19.3 Å². The quantitative estimate of drug-likeness (QED) is 0.360. The summed E-state index contributed by atoms with van der Waals surface area (Å²) in [4.78, 5) is 25.7. The summed E-state index contributed by atoms with van der Waals surface area (Å²) in [5.41, 5.74) is 2.77. The SMILES string of the molecule is CNc1nccc(-c2cccnc2Oc2ccc(F)c(C(=O)Nc3cccc(C(C)C)c3)c2)n1. The van der Waals surface area contributed by atoms with E-state index in [9.17, 15) is 9.18 Å². The number of benzene rings is 2. The lowest BCUT2D eigenvalue weighted by molar-refractivity contribution is 0.102. The van der Waals surface area contributed by atoms with Gasteiger partial charge in [-0.15, -0.1) is 0 Å². The zero-order valence-corrected chi connectivity index (χ0v) is 19.0. The minimum atomic E-state index is -0.652. The molecule has 0 unspecified atom stereocenters. The first-order valence-corrected chi connectivity index (χ1v) is 10.8. The summed E-state index contributed by atoms with van der Waals surface area (Å²) in [6, 6.07) is 16.8. The van der Waals surface area contributed by atoms with Crippen molar-refractivity contribution < 1.29 is 13.9 Å². The molecule has 4 aromatic rings. The maximum absolute atomic E-state index is 14.5. The molecule has 2 N–H and O–H groups in total. The molecule has 0 aliphatic carbocycles. The molecular weight excluding hydrogens is 433 g/mol. The third-order valence-corrected chi connectivity index (χ3v) is 5.13. The van der Waals surface area contributed by atoms with E-state index in [-0.39, 0.29) is 17.2 Å². The molecule has 2 heterocycles. The number of carbonyl (C=O) groups excluding carboxylic acids is 1. The molecule has 2 aromatic carbocycles. The Kier molecular flexibility index (Phi) is 6.77. The maximum atomic E-state index is 14.5. The Bertz CT molecular complexity index is 1330. The number of nitrogens with one attached hydrogen (secondary N) is 2. The van der Waals surface area contributed by atoms with E-state index in [0.717, 1.165) is 5.56 Å². The van der Waals surface area contributed by atoms with Crippen LogP contribution in [0.2, 0.25) is 0 Å². The van der Waals surface area contributed by atoms with Crippen molar-refractivity contribution in [3.8, 4) is 22.9 Å². The number of aromatic nitrogens is 3. The summed E-state index contributed by atoms with van der Waals surface area (Å²) in [5, 5.41) is 5.65. The molecule has 34 heavy (non-hydrogen) atoms. The molecule has 7 nitrogen and oxygen atoms in total. The van der Waals surface area contributed by atoms with Crippen molar-refractivity contribution in [3.63, 3.8) is 0 Å². The highest BCUT2D eigenvalue weighted by atomic mass is 19.1. The van der Waals surface area contributed by atoms with E-state index in [2.05, 4.69) is 39.4 Å². The van der Waals surface area contributed by atoms with E-state index < -0.39 is 11.7 Å². The number of pyridine rings is 1. The number of amides is 1. The monoisotopic (exact) mass is 457 g/mol. The van der Waals surface area contributed by atoms with Crippen LogP contribution in [0.25, 0.3) is 11.3 Å². The third kappa shape index (κ3) is 5.17. The van der Waals surface area contributed by atoms with Gasteiger partial charge in [0.2, 0.25) is 11.8 Å². The van der Waals surface area contributed by atoms with Gasteiger partial charge in [0.1, 0.15) is 11.6 Å². The van der Waals surface area contributed by atoms with Crippen molar-refractivity contribution >= 4 is 17.5 Å². The average Bonchev–Trinajstić information content (AvgIpc) is 2.85. The summed E-state index contributed by atoms with van der Waals surface area (Å²) < 4.78 is 20.5. The fourth-order valence-corrected chi connectivity index (χ4v) is 3.32. The zero-order chi connectivity index (χ0) is 24.1. The van der Waals surface area contributed by atoms with Gasteiger partial charge in [0.15, 0.2) is 0 Å². The van der Waals surface area contributed by atoms with Crippen LogP contribution in [0.5, 0.6) is 11.6 Å². The van der Waals surface area contributed by atoms with E-state index in [0.29, 0.717) is 28.8 Å². The molecule has 0 aliphatic rings. The fourth-order valence-electron chi connectivity index (χ4n) is 3.32. The standard InChI is InChI=1S/C26H24FN5O2/c1-16(2)17-6-4-7-18(14-17)31-24(33)21-15-19(9-10-22(21)27)34-25-20(8-5-12-29-25)23-11-13-30-26(28-3)32-23/h4-16H,1-3H3,(H,31,33)(H,28,30,32). The van der Waals surface area contributed by atoms with Crippen LogP contribution in [0.4, 0.5) is 16.0 Å². The number of hydrogen-bond donors (Lipinski definition) is 2. The lowest BCUT2D eigenvalue weighted by atomic mass is 10.0. The number of anilines is 2. The van der Waals surface area contributed by atoms with Crippen LogP contribution in [-0.4, -0.2) is 27.9 Å². The normalized spacial score (nSPS) is 10.7. The van der Waals surface area contributed by atoms with Gasteiger partial charge >= 0.3 is 0 Å². The van der Waals surface area contributed by atoms with Gasteiger partial charge < -0.3 is 15.4 Å². The van der Waals surface area contributed by atoms with Crippen molar-refractivity contribution in [1.29, 1.82) is 0 Å². The molecule has 0 saturated heterocycles. The average molecular weight is 458 g/mol. The van der Waals surface area contributed by atoms with Crippen LogP contribution in [0.15, 0.2) is 73.1 Å². The first kappa shape index (κ1) is 22.8. The van der Waals surface area contributed by atoms with E-state index in [1.807, 2.05) is 24.3 Å². The van der Waals surface area contributed by atoms with Crippen molar-refractivity contribution in [2.75, 3.05) is 17.7 Å². The van der Waals surface area contributed by atoms with Gasteiger partial charge in [-0.3, -0.25) is 4.79 Å². The van der Waals surface area contributed by atoms with Crippen molar-refractivity contribution in [2.24, 2.45) is 0 Å². The number of hydrogen-bond acceptors (Lipinski definition) is 6. The van der Waals surface area contributed by atoms with Crippen LogP contribution in [-0.2, 0) is 0 Å². The molecule has 0 atom stereocenters. The van der Waals surface area contributed by atoms with Crippen molar-refractivity contribution in [1.82, 2.24) is 15.0 Å². The minimum absolute atomic E-state index is 0.135. The van der Waals surface area contributed by atoms with E-state index in [1.54, 1.807) is 37.6 Å². The zero-order valence-electron chi connectivity index (χ0n) is 19.0. The van der Waals surface area contributed by atoms with E-state index in [4.69, 9.17) is 4.74 Å². The molecule has 0 spiro atoms. The smallest absolute Gasteiger partial charge is 0.258 e. The summed E-state index contributed by atoms with van der Waals surface area (Å²) in [5.74, 6) is 0.0721. The van der Waals surface area contributed by atoms with Crippen LogP contribution in [0, 0.1) is 5.82 Å². The molecule has 8 heteroatoms. The number of halogens is 1. The highest BCUT2D eigenvalue weighted by molar-refractivity contribution is 6.04. The van der Waals surface area contributed by atoms with Gasteiger partial charge in [-0.1, -0.05) is 26.0 Å². The third-order valence-electron chi connectivity index (χ3n) is 5.13. The Balaban J connectivity index is 1.60. The number of nitrogens with zero attached hydrogens (tertiary/aromatic N) is 3. The minimum Gasteiger partial charge on any atom is -0.438 e. The van der Waals surface area contributed by atoms with Crippen molar-refractivity contribution in [2.45, 2.75) is 19.8 Å².